The van der Waals surface area contributed by atoms with Crippen molar-refractivity contribution in [2.75, 3.05) is 6.61 Å². The molecule has 0 bridgehead atoms. The number of Topliss-reactive ketones (excluding diaryl/α,β-unsaturated/α-hetero) is 1. The van der Waals surface area contributed by atoms with Gasteiger partial charge in [0.15, 0.2) is 12.4 Å². The van der Waals surface area contributed by atoms with E-state index in [9.17, 15) is 19.5 Å². The molecule has 160 valence electrons. The van der Waals surface area contributed by atoms with Crippen LogP contribution < -0.4 is 0 Å². The lowest BCUT2D eigenvalue weighted by molar-refractivity contribution is -0.186. The van der Waals surface area contributed by atoms with Crippen molar-refractivity contribution in [2.24, 2.45) is 22.7 Å². The predicted octanol–water partition coefficient (Wildman–Crippen LogP) is 3.47. The molecule has 5 nitrogen and oxygen atoms in total. The van der Waals surface area contributed by atoms with E-state index in [-0.39, 0.29) is 30.5 Å². The molecule has 0 heterocycles. The summed E-state index contributed by atoms with van der Waals surface area (Å²) in [6.07, 6.45) is 5.46. The number of halogens is 1. The molecule has 4 rings (SSSR count). The number of fused-ring (bicyclic) bond motifs is 5. The number of esters is 1. The summed E-state index contributed by atoms with van der Waals surface area (Å²) in [6, 6.07) is 0. The van der Waals surface area contributed by atoms with Gasteiger partial charge in [-0.3, -0.25) is 14.4 Å². The molecule has 0 spiro atoms. The topological polar surface area (TPSA) is 80.7 Å². The molecule has 0 radical (unpaired) electrons. The molecule has 6 heteroatoms. The van der Waals surface area contributed by atoms with Crippen LogP contribution in [0.3, 0.4) is 0 Å². The van der Waals surface area contributed by atoms with Crippen LogP contribution in [0.15, 0.2) is 11.6 Å². The fourth-order valence-corrected chi connectivity index (χ4v) is 7.21. The third kappa shape index (κ3) is 2.63. The molecule has 0 aromatic heterocycles. The number of ketones is 2. The van der Waals surface area contributed by atoms with E-state index in [2.05, 4.69) is 0 Å². The summed E-state index contributed by atoms with van der Waals surface area (Å²) in [4.78, 5) is 35.9. The maximum absolute atomic E-state index is 16.8. The smallest absolute Gasteiger partial charge is 0.303 e. The highest BCUT2D eigenvalue weighted by molar-refractivity contribution is 5.92. The van der Waals surface area contributed by atoms with Crippen molar-refractivity contribution >= 4 is 17.5 Å². The second-order valence-electron chi connectivity index (χ2n) is 10.1. The largest absolute Gasteiger partial charge is 0.458 e. The SMILES string of the molecule is CC(=O)OCC(=O)[C@]1(O)CC[C@H]2[C@@H]3CCC4=CC(=O)CC[C@]4(C)[C@@]3(F)CC[C@@]21C. The molecule has 0 unspecified atom stereocenters. The number of carbonyl (C=O) groups excluding carboxylic acids is 3. The molecule has 4 aliphatic rings. The first-order chi connectivity index (χ1) is 13.5. The van der Waals surface area contributed by atoms with Gasteiger partial charge in [-0.05, 0) is 62.9 Å². The number of alkyl halides is 1. The zero-order valence-electron chi connectivity index (χ0n) is 17.6. The van der Waals surface area contributed by atoms with Gasteiger partial charge in [-0.1, -0.05) is 19.4 Å². The van der Waals surface area contributed by atoms with Crippen molar-refractivity contribution in [1.29, 1.82) is 0 Å². The normalized spacial score (nSPS) is 46.2. The quantitative estimate of drug-likeness (QED) is 0.726. The zero-order valence-corrected chi connectivity index (χ0v) is 17.6. The summed E-state index contributed by atoms with van der Waals surface area (Å²) in [5, 5.41) is 11.4. The molecule has 0 amide bonds. The first kappa shape index (κ1) is 20.7. The number of hydrogen-bond acceptors (Lipinski definition) is 5. The molecule has 0 saturated heterocycles. The molecule has 3 fully saturated rings. The Morgan fingerprint density at radius 1 is 1.14 bits per heavy atom. The van der Waals surface area contributed by atoms with Crippen LogP contribution in [-0.2, 0) is 19.1 Å². The lowest BCUT2D eigenvalue weighted by Gasteiger charge is -2.61. The first-order valence-corrected chi connectivity index (χ1v) is 10.8. The van der Waals surface area contributed by atoms with E-state index < -0.39 is 40.5 Å². The van der Waals surface area contributed by atoms with Gasteiger partial charge in [0.05, 0.1) is 0 Å². The van der Waals surface area contributed by atoms with Crippen molar-refractivity contribution < 1.29 is 28.6 Å². The van der Waals surface area contributed by atoms with Crippen LogP contribution in [0.4, 0.5) is 4.39 Å². The van der Waals surface area contributed by atoms with E-state index in [1.165, 1.54) is 6.92 Å². The van der Waals surface area contributed by atoms with Crippen LogP contribution >= 0.6 is 0 Å². The first-order valence-electron chi connectivity index (χ1n) is 10.8. The molecule has 0 aromatic carbocycles. The average Bonchev–Trinajstić information content (AvgIpc) is 2.94. The van der Waals surface area contributed by atoms with E-state index in [0.717, 1.165) is 5.57 Å². The Hall–Kier alpha value is -1.56. The van der Waals surface area contributed by atoms with E-state index in [4.69, 9.17) is 4.74 Å². The number of allylic oxidation sites excluding steroid dienone is 1. The molecule has 4 aliphatic carbocycles. The summed E-state index contributed by atoms with van der Waals surface area (Å²) in [6.45, 7) is 4.67. The Morgan fingerprint density at radius 2 is 1.86 bits per heavy atom. The van der Waals surface area contributed by atoms with E-state index >= 15 is 4.39 Å². The molecule has 6 atom stereocenters. The molecule has 3 saturated carbocycles. The number of carbonyl (C=O) groups is 3. The van der Waals surface area contributed by atoms with E-state index in [1.54, 1.807) is 6.08 Å². The lowest BCUT2D eigenvalue weighted by Crippen LogP contribution is -2.64. The van der Waals surface area contributed by atoms with Crippen molar-refractivity contribution in [2.45, 2.75) is 83.4 Å². The standard InChI is InChI=1S/C23H31FO5/c1-14(25)29-13-19(27)23(28)9-7-17-18-5-4-15-12-16(26)6-8-20(15,2)22(18,24)11-10-21(17,23)3/h12,17-18,28H,4-11,13H2,1-3H3/t17-,18-,20-,21-,22+,23+/m0/s1. The van der Waals surface area contributed by atoms with Crippen molar-refractivity contribution in [1.82, 2.24) is 0 Å². The Kier molecular flexibility index (Phi) is 4.62. The highest BCUT2D eigenvalue weighted by Gasteiger charge is 2.71. The Bertz CT molecular complexity index is 805. The number of ether oxygens (including phenoxy) is 1. The van der Waals surface area contributed by atoms with Crippen LogP contribution in [0.25, 0.3) is 0 Å². The van der Waals surface area contributed by atoms with Crippen LogP contribution in [0, 0.1) is 22.7 Å². The van der Waals surface area contributed by atoms with Gasteiger partial charge in [0, 0.05) is 24.2 Å². The van der Waals surface area contributed by atoms with Gasteiger partial charge in [-0.15, -0.1) is 0 Å². The summed E-state index contributed by atoms with van der Waals surface area (Å²) >= 11 is 0. The van der Waals surface area contributed by atoms with Crippen LogP contribution in [0.1, 0.15) is 72.1 Å². The number of hydrogen-bond donors (Lipinski definition) is 1. The minimum atomic E-state index is -1.59. The third-order valence-electron chi connectivity index (χ3n) is 9.09. The van der Waals surface area contributed by atoms with Gasteiger partial charge in [-0.2, -0.15) is 0 Å². The van der Waals surface area contributed by atoms with Gasteiger partial charge >= 0.3 is 5.97 Å². The summed E-state index contributed by atoms with van der Waals surface area (Å²) in [5.74, 6) is -1.29. The van der Waals surface area contributed by atoms with Crippen LogP contribution in [0.5, 0.6) is 0 Å². The molecule has 29 heavy (non-hydrogen) atoms. The highest BCUT2D eigenvalue weighted by atomic mass is 19.1. The summed E-state index contributed by atoms with van der Waals surface area (Å²) in [5.41, 5.74) is -3.45. The van der Waals surface area contributed by atoms with Gasteiger partial charge in [-0.25, -0.2) is 4.39 Å². The monoisotopic (exact) mass is 406 g/mol. The Morgan fingerprint density at radius 3 is 2.55 bits per heavy atom. The number of rotatable bonds is 3. The fraction of sp³-hybridized carbons (Fsp3) is 0.783. The predicted molar refractivity (Wildman–Crippen MR) is 104 cm³/mol. The van der Waals surface area contributed by atoms with E-state index in [0.29, 0.717) is 38.5 Å². The maximum atomic E-state index is 16.8. The summed E-state index contributed by atoms with van der Waals surface area (Å²) in [7, 11) is 0. The van der Waals surface area contributed by atoms with Gasteiger partial charge in [0.1, 0.15) is 11.3 Å². The fourth-order valence-electron chi connectivity index (χ4n) is 7.21. The highest BCUT2D eigenvalue weighted by Crippen LogP contribution is 2.70. The molecular weight excluding hydrogens is 375 g/mol. The third-order valence-corrected chi connectivity index (χ3v) is 9.09. The van der Waals surface area contributed by atoms with Crippen LogP contribution in [-0.4, -0.2) is 40.5 Å². The molecule has 1 N–H and O–H groups in total. The van der Waals surface area contributed by atoms with Crippen molar-refractivity contribution in [3.05, 3.63) is 11.6 Å². The molecule has 0 aliphatic heterocycles. The van der Waals surface area contributed by atoms with Crippen molar-refractivity contribution in [3.63, 3.8) is 0 Å². The van der Waals surface area contributed by atoms with Gasteiger partial charge in [0.2, 0.25) is 5.78 Å². The lowest BCUT2D eigenvalue weighted by atomic mass is 9.44. The Labute approximate surface area is 171 Å². The van der Waals surface area contributed by atoms with Gasteiger partial charge in [0.25, 0.3) is 0 Å². The van der Waals surface area contributed by atoms with E-state index in [1.807, 2.05) is 13.8 Å². The van der Waals surface area contributed by atoms with Crippen LogP contribution in [0.2, 0.25) is 0 Å². The van der Waals surface area contributed by atoms with Gasteiger partial charge < -0.3 is 9.84 Å². The average molecular weight is 406 g/mol. The number of aliphatic hydroxyl groups is 1. The van der Waals surface area contributed by atoms with Crippen molar-refractivity contribution in [3.8, 4) is 0 Å². The second-order valence-corrected chi connectivity index (χ2v) is 10.1. The minimum Gasteiger partial charge on any atom is -0.458 e. The minimum absolute atomic E-state index is 0.0893. The molecular formula is C23H31FO5. The second kappa shape index (κ2) is 6.47. The maximum Gasteiger partial charge on any atom is 0.303 e. The zero-order chi connectivity index (χ0) is 21.2. The molecule has 0 aromatic rings. The Balaban J connectivity index is 1.66. The summed E-state index contributed by atoms with van der Waals surface area (Å²) < 4.78 is 21.7.